The Kier molecular flexibility index (Phi) is 6.14. The standard InChI is InChI=1S/C46H26O4/c47-45-41(25-39-29-11-3-1-9-27(29)21-23-43(39)49-45)37-19-7-15-33-31(13-5-17-35(33)37)32-14-6-18-36-34(32)16-8-20-38(36)42-26-40-30-12-4-2-10-28(30)22-24-44(40)50-46(42)48/h1-26H. The lowest BCUT2D eigenvalue weighted by molar-refractivity contribution is 0.563. The monoisotopic (exact) mass is 642 g/mol. The average Bonchev–Trinajstić information content (AvgIpc) is 3.16. The number of fused-ring (bicyclic) bond motifs is 8. The minimum absolute atomic E-state index is 0.373. The van der Waals surface area contributed by atoms with E-state index in [4.69, 9.17) is 8.83 Å². The van der Waals surface area contributed by atoms with Crippen LogP contribution in [0.1, 0.15) is 0 Å². The smallest absolute Gasteiger partial charge is 0.344 e. The quantitative estimate of drug-likeness (QED) is 0.142. The zero-order valence-electron chi connectivity index (χ0n) is 26.6. The summed E-state index contributed by atoms with van der Waals surface area (Å²) in [6, 6.07) is 52.4. The lowest BCUT2D eigenvalue weighted by Gasteiger charge is -2.15. The summed E-state index contributed by atoms with van der Waals surface area (Å²) in [5.41, 5.74) is 5.12. The molecule has 2 aromatic heterocycles. The van der Waals surface area contributed by atoms with Gasteiger partial charge in [-0.2, -0.15) is 0 Å². The van der Waals surface area contributed by atoms with Gasteiger partial charge in [-0.3, -0.25) is 0 Å². The molecule has 0 aliphatic heterocycles. The van der Waals surface area contributed by atoms with Gasteiger partial charge in [-0.15, -0.1) is 0 Å². The van der Waals surface area contributed by atoms with Crippen LogP contribution in [0.15, 0.2) is 176 Å². The predicted molar refractivity (Wildman–Crippen MR) is 205 cm³/mol. The van der Waals surface area contributed by atoms with Crippen LogP contribution in [0, 0.1) is 0 Å². The van der Waals surface area contributed by atoms with E-state index in [1.54, 1.807) is 0 Å². The Morgan fingerprint density at radius 3 is 1.02 bits per heavy atom. The fraction of sp³-hybridized carbons (Fsp3) is 0. The molecule has 234 valence electrons. The molecule has 2 heterocycles. The molecule has 0 spiro atoms. The Hall–Kier alpha value is -6.78. The van der Waals surface area contributed by atoms with Crippen molar-refractivity contribution >= 4 is 65.0 Å². The second-order valence-corrected chi connectivity index (χ2v) is 12.7. The summed E-state index contributed by atoms with van der Waals surface area (Å²) in [4.78, 5) is 27.0. The molecule has 0 aliphatic rings. The number of rotatable bonds is 3. The lowest BCUT2D eigenvalue weighted by Crippen LogP contribution is -2.03. The molecule has 0 atom stereocenters. The van der Waals surface area contributed by atoms with Crippen LogP contribution in [0.3, 0.4) is 0 Å². The maximum Gasteiger partial charge on any atom is 0.344 e. The third-order valence-electron chi connectivity index (χ3n) is 10.00. The van der Waals surface area contributed by atoms with Gasteiger partial charge >= 0.3 is 11.3 Å². The topological polar surface area (TPSA) is 60.4 Å². The fourth-order valence-corrected chi connectivity index (χ4v) is 7.68. The maximum absolute atomic E-state index is 13.5. The van der Waals surface area contributed by atoms with E-state index in [9.17, 15) is 9.59 Å². The molecule has 0 aliphatic carbocycles. The summed E-state index contributed by atoms with van der Waals surface area (Å²) in [5, 5.41) is 9.98. The van der Waals surface area contributed by atoms with Crippen LogP contribution in [0.5, 0.6) is 0 Å². The first-order valence-electron chi connectivity index (χ1n) is 16.6. The van der Waals surface area contributed by atoms with Crippen molar-refractivity contribution in [1.82, 2.24) is 0 Å². The van der Waals surface area contributed by atoms with E-state index in [0.717, 1.165) is 76.1 Å². The van der Waals surface area contributed by atoms with E-state index in [1.807, 2.05) is 97.1 Å². The molecule has 4 heteroatoms. The summed E-state index contributed by atoms with van der Waals surface area (Å²) in [7, 11) is 0. The Morgan fingerprint density at radius 1 is 0.280 bits per heavy atom. The highest BCUT2D eigenvalue weighted by atomic mass is 16.4. The van der Waals surface area contributed by atoms with Crippen molar-refractivity contribution in [2.75, 3.05) is 0 Å². The Bertz CT molecular complexity index is 2930. The summed E-state index contributed by atoms with van der Waals surface area (Å²) < 4.78 is 11.8. The molecule has 8 aromatic carbocycles. The molecule has 0 saturated heterocycles. The maximum atomic E-state index is 13.5. The van der Waals surface area contributed by atoms with Gasteiger partial charge in [0.2, 0.25) is 0 Å². The van der Waals surface area contributed by atoms with Gasteiger partial charge in [-0.1, -0.05) is 133 Å². The van der Waals surface area contributed by atoms with Gasteiger partial charge in [-0.25, -0.2) is 9.59 Å². The first-order chi connectivity index (χ1) is 24.6. The summed E-state index contributed by atoms with van der Waals surface area (Å²) in [5.74, 6) is 0. The molecular formula is C46H26O4. The van der Waals surface area contributed by atoms with E-state index in [1.165, 1.54) is 0 Å². The third kappa shape index (κ3) is 4.25. The first-order valence-corrected chi connectivity index (χ1v) is 16.6. The number of benzene rings is 8. The molecule has 0 bridgehead atoms. The van der Waals surface area contributed by atoms with Crippen LogP contribution >= 0.6 is 0 Å². The van der Waals surface area contributed by atoms with Crippen LogP contribution in [0.25, 0.3) is 98.4 Å². The van der Waals surface area contributed by atoms with Gasteiger partial charge < -0.3 is 8.83 Å². The molecule has 0 N–H and O–H groups in total. The van der Waals surface area contributed by atoms with E-state index in [2.05, 4.69) is 60.7 Å². The van der Waals surface area contributed by atoms with E-state index < -0.39 is 0 Å². The van der Waals surface area contributed by atoms with Crippen molar-refractivity contribution in [2.45, 2.75) is 0 Å². The molecule has 4 nitrogen and oxygen atoms in total. The largest absolute Gasteiger partial charge is 0.422 e. The van der Waals surface area contributed by atoms with Crippen molar-refractivity contribution in [3.63, 3.8) is 0 Å². The normalized spacial score (nSPS) is 11.8. The lowest BCUT2D eigenvalue weighted by atomic mass is 9.89. The van der Waals surface area contributed by atoms with Gasteiger partial charge in [0, 0.05) is 10.8 Å². The van der Waals surface area contributed by atoms with Crippen LogP contribution in [0.4, 0.5) is 0 Å². The molecule has 0 unspecified atom stereocenters. The first kappa shape index (κ1) is 28.3. The highest BCUT2D eigenvalue weighted by molar-refractivity contribution is 6.13. The molecule has 50 heavy (non-hydrogen) atoms. The Balaban J connectivity index is 1.18. The number of hydrogen-bond donors (Lipinski definition) is 0. The second-order valence-electron chi connectivity index (χ2n) is 12.7. The van der Waals surface area contributed by atoms with E-state index in [0.29, 0.717) is 22.3 Å². The van der Waals surface area contributed by atoms with Crippen molar-refractivity contribution in [3.05, 3.63) is 179 Å². The zero-order chi connectivity index (χ0) is 33.3. The van der Waals surface area contributed by atoms with Crippen molar-refractivity contribution in [1.29, 1.82) is 0 Å². The predicted octanol–water partition coefficient (Wildman–Crippen LogP) is 11.5. The van der Waals surface area contributed by atoms with Crippen LogP contribution in [-0.4, -0.2) is 0 Å². The molecular weight excluding hydrogens is 617 g/mol. The fourth-order valence-electron chi connectivity index (χ4n) is 7.68. The van der Waals surface area contributed by atoms with Crippen LogP contribution in [0.2, 0.25) is 0 Å². The van der Waals surface area contributed by atoms with E-state index in [-0.39, 0.29) is 11.3 Å². The van der Waals surface area contributed by atoms with Gasteiger partial charge in [0.05, 0.1) is 11.1 Å². The second kappa shape index (κ2) is 10.9. The van der Waals surface area contributed by atoms with E-state index >= 15 is 0 Å². The number of hydrogen-bond acceptors (Lipinski definition) is 4. The average molecular weight is 643 g/mol. The molecule has 0 saturated carbocycles. The highest BCUT2D eigenvalue weighted by Crippen LogP contribution is 2.40. The molecule has 10 aromatic rings. The van der Waals surface area contributed by atoms with Crippen molar-refractivity contribution in [3.8, 4) is 33.4 Å². The highest BCUT2D eigenvalue weighted by Gasteiger charge is 2.17. The van der Waals surface area contributed by atoms with Gasteiger partial charge in [0.15, 0.2) is 0 Å². The van der Waals surface area contributed by atoms with Crippen LogP contribution < -0.4 is 11.3 Å². The molecule has 0 amide bonds. The Labute approximate surface area is 285 Å². The third-order valence-corrected chi connectivity index (χ3v) is 10.00. The van der Waals surface area contributed by atoms with Crippen molar-refractivity contribution < 1.29 is 8.83 Å². The summed E-state index contributed by atoms with van der Waals surface area (Å²) in [6.45, 7) is 0. The SMILES string of the molecule is O=c1oc2ccc3ccccc3c2cc1-c1cccc2c(-c3cccc4c(-c5cc6c(ccc7ccccc76)oc5=O)cccc34)cccc12. The molecule has 10 rings (SSSR count). The van der Waals surface area contributed by atoms with Crippen molar-refractivity contribution in [2.24, 2.45) is 0 Å². The molecule has 0 fully saturated rings. The molecule has 0 radical (unpaired) electrons. The minimum Gasteiger partial charge on any atom is -0.422 e. The summed E-state index contributed by atoms with van der Waals surface area (Å²) in [6.07, 6.45) is 0. The summed E-state index contributed by atoms with van der Waals surface area (Å²) >= 11 is 0. The van der Waals surface area contributed by atoms with Gasteiger partial charge in [0.1, 0.15) is 11.2 Å². The van der Waals surface area contributed by atoms with Gasteiger partial charge in [0.25, 0.3) is 0 Å². The zero-order valence-corrected chi connectivity index (χ0v) is 26.6. The Morgan fingerprint density at radius 2 is 0.620 bits per heavy atom. The van der Waals surface area contributed by atoms with Crippen LogP contribution in [-0.2, 0) is 0 Å². The minimum atomic E-state index is -0.373. The van der Waals surface area contributed by atoms with Gasteiger partial charge in [-0.05, 0) is 89.6 Å².